The molecule has 33 heavy (non-hydrogen) atoms. The van der Waals surface area contributed by atoms with Crippen molar-refractivity contribution in [2.45, 2.75) is 45.7 Å². The molecule has 1 aliphatic heterocycles. The summed E-state index contributed by atoms with van der Waals surface area (Å²) in [6.45, 7) is 11.0. The van der Waals surface area contributed by atoms with Crippen molar-refractivity contribution in [3.63, 3.8) is 0 Å². The Labute approximate surface area is 199 Å². The summed E-state index contributed by atoms with van der Waals surface area (Å²) < 4.78 is 0. The lowest BCUT2D eigenvalue weighted by molar-refractivity contribution is 0.0827. The van der Waals surface area contributed by atoms with Crippen LogP contribution in [0, 0.1) is 0 Å². The molecule has 0 spiro atoms. The summed E-state index contributed by atoms with van der Waals surface area (Å²) in [5.74, 6) is 0.866. The molecule has 1 heterocycles. The highest BCUT2D eigenvalue weighted by Crippen LogP contribution is 2.25. The predicted octanol–water partition coefficient (Wildman–Crippen LogP) is 3.32. The van der Waals surface area contributed by atoms with E-state index in [0.717, 1.165) is 62.7 Å². The smallest absolute Gasteiger partial charge is 0.253 e. The van der Waals surface area contributed by atoms with Crippen molar-refractivity contribution in [1.82, 2.24) is 20.4 Å². The van der Waals surface area contributed by atoms with Gasteiger partial charge in [-0.25, -0.2) is 0 Å². The normalized spacial score (nSPS) is 14.5. The lowest BCUT2D eigenvalue weighted by atomic mass is 9.94. The average molecular weight is 450 g/mol. The molecule has 0 unspecified atom stereocenters. The van der Waals surface area contributed by atoms with Crippen LogP contribution in [0.15, 0.2) is 53.5 Å². The molecular formula is C27H39N5O. The highest BCUT2D eigenvalue weighted by atomic mass is 16.2. The zero-order valence-electron chi connectivity index (χ0n) is 20.8. The van der Waals surface area contributed by atoms with Crippen LogP contribution < -0.4 is 10.6 Å². The van der Waals surface area contributed by atoms with Crippen LogP contribution in [-0.4, -0.2) is 67.5 Å². The van der Waals surface area contributed by atoms with Crippen LogP contribution in [0.25, 0.3) is 0 Å². The number of hydrogen-bond donors (Lipinski definition) is 2. The summed E-state index contributed by atoms with van der Waals surface area (Å²) in [4.78, 5) is 21.3. The number of aliphatic imine (C=N–C) groups is 1. The number of fused-ring (bicyclic) bond motifs is 1. The second-order valence-corrected chi connectivity index (χ2v) is 9.52. The van der Waals surface area contributed by atoms with Gasteiger partial charge in [-0.1, -0.05) is 36.4 Å². The molecule has 3 rings (SSSR count). The first-order valence-electron chi connectivity index (χ1n) is 11.9. The summed E-state index contributed by atoms with van der Waals surface area (Å²) in [5.41, 5.74) is 4.73. The Hall–Kier alpha value is -2.86. The molecule has 0 atom stereocenters. The lowest BCUT2D eigenvalue weighted by Crippen LogP contribution is -2.49. The first-order chi connectivity index (χ1) is 15.8. The summed E-state index contributed by atoms with van der Waals surface area (Å²) in [6, 6.07) is 16.6. The minimum Gasteiger partial charge on any atom is -0.357 e. The van der Waals surface area contributed by atoms with Crippen LogP contribution in [0.4, 0.5) is 0 Å². The van der Waals surface area contributed by atoms with Crippen LogP contribution >= 0.6 is 0 Å². The fraction of sp³-hybridized carbons (Fsp3) is 0.481. The minimum atomic E-state index is -0.0310. The van der Waals surface area contributed by atoms with E-state index in [1.807, 2.05) is 18.2 Å². The largest absolute Gasteiger partial charge is 0.357 e. The van der Waals surface area contributed by atoms with Gasteiger partial charge in [0.15, 0.2) is 5.96 Å². The second-order valence-electron chi connectivity index (χ2n) is 9.52. The van der Waals surface area contributed by atoms with Gasteiger partial charge < -0.3 is 15.5 Å². The van der Waals surface area contributed by atoms with Crippen molar-refractivity contribution in [3.8, 4) is 0 Å². The van der Waals surface area contributed by atoms with Crippen LogP contribution in [0.5, 0.6) is 0 Å². The zero-order chi connectivity index (χ0) is 23.8. The van der Waals surface area contributed by atoms with Crippen molar-refractivity contribution in [1.29, 1.82) is 0 Å². The van der Waals surface area contributed by atoms with Crippen LogP contribution in [-0.2, 0) is 19.4 Å². The van der Waals surface area contributed by atoms with E-state index in [9.17, 15) is 4.79 Å². The SMILES string of the molecule is CCNC(=NCC(C)(C)N1CCc2ccccc2C1)NCCc1cccc(C(=O)N(C)C)c1. The molecule has 0 aliphatic carbocycles. The van der Waals surface area contributed by atoms with Gasteiger partial charge in [-0.05, 0) is 62.4 Å². The topological polar surface area (TPSA) is 60.0 Å². The van der Waals surface area contributed by atoms with Gasteiger partial charge in [0.1, 0.15) is 0 Å². The van der Waals surface area contributed by atoms with Crippen molar-refractivity contribution in [3.05, 3.63) is 70.8 Å². The third-order valence-corrected chi connectivity index (χ3v) is 6.24. The number of carbonyl (C=O) groups excluding carboxylic acids is 1. The van der Waals surface area contributed by atoms with E-state index in [4.69, 9.17) is 4.99 Å². The molecule has 178 valence electrons. The number of hydrogen-bond acceptors (Lipinski definition) is 3. The van der Waals surface area contributed by atoms with Gasteiger partial charge in [-0.2, -0.15) is 0 Å². The number of nitrogens with one attached hydrogen (secondary N) is 2. The Balaban J connectivity index is 1.57. The highest BCUT2D eigenvalue weighted by Gasteiger charge is 2.29. The maximum absolute atomic E-state index is 12.2. The first kappa shape index (κ1) is 24.8. The maximum atomic E-state index is 12.2. The van der Waals surface area contributed by atoms with E-state index < -0.39 is 0 Å². The molecule has 2 aromatic rings. The number of carbonyl (C=O) groups is 1. The van der Waals surface area contributed by atoms with Gasteiger partial charge in [0.2, 0.25) is 0 Å². The van der Waals surface area contributed by atoms with E-state index in [0.29, 0.717) is 0 Å². The number of nitrogens with zero attached hydrogens (tertiary/aromatic N) is 3. The standard InChI is InChI=1S/C27H39N5O/c1-6-28-26(29-16-14-21-10-9-13-23(18-21)25(33)31(4)5)30-20-27(2,3)32-17-15-22-11-7-8-12-24(22)19-32/h7-13,18H,6,14-17,19-20H2,1-5H3,(H2,28,29,30). The van der Waals surface area contributed by atoms with Gasteiger partial charge in [0.25, 0.3) is 5.91 Å². The Morgan fingerprint density at radius 1 is 1.09 bits per heavy atom. The first-order valence-corrected chi connectivity index (χ1v) is 11.9. The Morgan fingerprint density at radius 3 is 2.58 bits per heavy atom. The summed E-state index contributed by atoms with van der Waals surface area (Å²) >= 11 is 0. The molecule has 2 aromatic carbocycles. The Bertz CT molecular complexity index is 966. The number of benzene rings is 2. The molecule has 0 saturated heterocycles. The summed E-state index contributed by atoms with van der Waals surface area (Å²) in [7, 11) is 3.56. The maximum Gasteiger partial charge on any atom is 0.253 e. The number of amides is 1. The third kappa shape index (κ3) is 6.81. The van der Waals surface area contributed by atoms with Crippen molar-refractivity contribution in [2.24, 2.45) is 4.99 Å². The van der Waals surface area contributed by atoms with Gasteiger partial charge in [-0.15, -0.1) is 0 Å². The Kier molecular flexibility index (Phi) is 8.50. The zero-order valence-corrected chi connectivity index (χ0v) is 20.8. The monoisotopic (exact) mass is 449 g/mol. The molecule has 0 fully saturated rings. The van der Waals surface area contributed by atoms with Gasteiger partial charge in [-0.3, -0.25) is 14.7 Å². The van der Waals surface area contributed by atoms with Crippen LogP contribution in [0.1, 0.15) is 47.8 Å². The predicted molar refractivity (Wildman–Crippen MR) is 137 cm³/mol. The molecule has 0 bridgehead atoms. The molecular weight excluding hydrogens is 410 g/mol. The van der Waals surface area contributed by atoms with Crippen LogP contribution in [0.3, 0.4) is 0 Å². The van der Waals surface area contributed by atoms with Crippen molar-refractivity contribution in [2.75, 3.05) is 40.3 Å². The molecule has 1 amide bonds. The Morgan fingerprint density at radius 2 is 1.85 bits per heavy atom. The minimum absolute atomic E-state index is 0.0299. The lowest BCUT2D eigenvalue weighted by Gasteiger charge is -2.40. The van der Waals surface area contributed by atoms with Gasteiger partial charge >= 0.3 is 0 Å². The number of guanidine groups is 1. The second kappa shape index (κ2) is 11.3. The quantitative estimate of drug-likeness (QED) is 0.479. The summed E-state index contributed by atoms with van der Waals surface area (Å²) in [5, 5.41) is 6.82. The third-order valence-electron chi connectivity index (χ3n) is 6.24. The van der Waals surface area contributed by atoms with E-state index >= 15 is 0 Å². The van der Waals surface area contributed by atoms with Crippen LogP contribution in [0.2, 0.25) is 0 Å². The fourth-order valence-electron chi connectivity index (χ4n) is 4.17. The molecule has 2 N–H and O–H groups in total. The molecule has 0 saturated carbocycles. The van der Waals surface area contributed by atoms with E-state index in [1.54, 1.807) is 19.0 Å². The van der Waals surface area contributed by atoms with E-state index in [1.165, 1.54) is 11.1 Å². The average Bonchev–Trinajstić information content (AvgIpc) is 2.82. The molecule has 1 aliphatic rings. The van der Waals surface area contributed by atoms with Gasteiger partial charge in [0.05, 0.1) is 6.54 Å². The fourth-order valence-corrected chi connectivity index (χ4v) is 4.17. The van der Waals surface area contributed by atoms with Gasteiger partial charge in [0, 0.05) is 51.4 Å². The summed E-state index contributed by atoms with van der Waals surface area (Å²) in [6.07, 6.45) is 1.92. The molecule has 6 nitrogen and oxygen atoms in total. The van der Waals surface area contributed by atoms with E-state index in [-0.39, 0.29) is 11.4 Å². The molecule has 0 radical (unpaired) electrons. The number of rotatable bonds is 8. The van der Waals surface area contributed by atoms with E-state index in [2.05, 4.69) is 66.6 Å². The molecule has 6 heteroatoms. The molecule has 0 aromatic heterocycles. The van der Waals surface area contributed by atoms with Crippen molar-refractivity contribution < 1.29 is 4.79 Å². The highest BCUT2D eigenvalue weighted by molar-refractivity contribution is 5.94. The van der Waals surface area contributed by atoms with Crippen molar-refractivity contribution >= 4 is 11.9 Å².